The van der Waals surface area contributed by atoms with Crippen LogP contribution < -0.4 is 10.6 Å². The van der Waals surface area contributed by atoms with E-state index in [2.05, 4.69) is 17.6 Å². The molecule has 0 radical (unpaired) electrons. The van der Waals surface area contributed by atoms with Gasteiger partial charge in [0, 0.05) is 12.2 Å². The summed E-state index contributed by atoms with van der Waals surface area (Å²) < 4.78 is 5.54. The molecule has 0 saturated carbocycles. The molecule has 3 amide bonds. The van der Waals surface area contributed by atoms with Crippen LogP contribution in [0.25, 0.3) is 10.8 Å². The van der Waals surface area contributed by atoms with Crippen molar-refractivity contribution in [3.05, 3.63) is 78.4 Å². The van der Waals surface area contributed by atoms with Gasteiger partial charge in [0.15, 0.2) is 0 Å². The van der Waals surface area contributed by atoms with Crippen molar-refractivity contribution < 1.29 is 19.1 Å². The molecular weight excluding hydrogens is 550 g/mol. The van der Waals surface area contributed by atoms with Gasteiger partial charge in [0.25, 0.3) is 5.91 Å². The van der Waals surface area contributed by atoms with Gasteiger partial charge in [0.05, 0.1) is 0 Å². The lowest BCUT2D eigenvalue weighted by Crippen LogP contribution is -2.55. The highest BCUT2D eigenvalue weighted by Crippen LogP contribution is 2.28. The highest BCUT2D eigenvalue weighted by molar-refractivity contribution is 6.00. The largest absolute Gasteiger partial charge is 0.444 e. The summed E-state index contributed by atoms with van der Waals surface area (Å²) in [5, 5.41) is 8.04. The van der Waals surface area contributed by atoms with Crippen LogP contribution in [0.5, 0.6) is 0 Å². The molecule has 0 aliphatic heterocycles. The lowest BCUT2D eigenvalue weighted by Gasteiger charge is -2.36. The van der Waals surface area contributed by atoms with Crippen LogP contribution in [0.2, 0.25) is 0 Å². The van der Waals surface area contributed by atoms with Gasteiger partial charge in [-0.3, -0.25) is 9.59 Å². The summed E-state index contributed by atoms with van der Waals surface area (Å²) in [6, 6.07) is 21.5. The third-order valence-corrected chi connectivity index (χ3v) is 7.88. The average Bonchev–Trinajstić information content (AvgIpc) is 2.99. The van der Waals surface area contributed by atoms with Crippen LogP contribution in [0.4, 0.5) is 10.5 Å². The van der Waals surface area contributed by atoms with Gasteiger partial charge in [0.1, 0.15) is 17.7 Å². The van der Waals surface area contributed by atoms with E-state index < -0.39 is 23.8 Å². The van der Waals surface area contributed by atoms with Gasteiger partial charge in [-0.1, -0.05) is 120 Å². The van der Waals surface area contributed by atoms with Gasteiger partial charge in [0.2, 0.25) is 5.91 Å². The van der Waals surface area contributed by atoms with Crippen LogP contribution >= 0.6 is 0 Å². The van der Waals surface area contributed by atoms with Crippen LogP contribution in [0.15, 0.2) is 72.8 Å². The number of ether oxygens (including phenoxy) is 1. The Bertz CT molecular complexity index is 1350. The Kier molecular flexibility index (Phi) is 13.2. The molecule has 0 saturated heterocycles. The first kappa shape index (κ1) is 34.6. The maximum absolute atomic E-state index is 14.5. The minimum absolute atomic E-state index is 0.179. The standard InChI is InChI=1S/C37H51N3O4/c1-7-9-10-11-12-18-25-40(35(42)32(27(3)8-2)39-36(43)44-37(4,5)6)33(29-20-14-13-15-21-29)34(41)38-31-24-23-28-19-16-17-22-30(28)26-31/h13-17,19-24,26-27,32-33H,7-12,18,25H2,1-6H3,(H,38,41)(H,39,43). The number of carbonyl (C=O) groups is 3. The third-order valence-electron chi connectivity index (χ3n) is 7.88. The van der Waals surface area contributed by atoms with Crippen LogP contribution in [-0.2, 0) is 14.3 Å². The number of fused-ring (bicyclic) bond motifs is 1. The molecule has 0 aliphatic carbocycles. The van der Waals surface area contributed by atoms with Crippen molar-refractivity contribution in [3.63, 3.8) is 0 Å². The van der Waals surface area contributed by atoms with Gasteiger partial charge in [-0.2, -0.15) is 0 Å². The topological polar surface area (TPSA) is 87.7 Å². The van der Waals surface area contributed by atoms with E-state index in [0.29, 0.717) is 24.2 Å². The Morgan fingerprint density at radius 1 is 0.818 bits per heavy atom. The number of nitrogens with zero attached hydrogens (tertiary/aromatic N) is 1. The van der Waals surface area contributed by atoms with Crippen LogP contribution in [0.1, 0.15) is 98.1 Å². The Hall–Kier alpha value is -3.87. The normalized spacial score (nSPS) is 13.5. The Labute approximate surface area is 263 Å². The summed E-state index contributed by atoms with van der Waals surface area (Å²) in [6.45, 7) is 11.9. The zero-order valence-electron chi connectivity index (χ0n) is 27.4. The van der Waals surface area contributed by atoms with E-state index in [4.69, 9.17) is 4.74 Å². The van der Waals surface area contributed by atoms with E-state index in [1.807, 2.05) is 86.6 Å². The van der Waals surface area contributed by atoms with Gasteiger partial charge in [-0.05, 0) is 61.6 Å². The Morgan fingerprint density at radius 2 is 1.45 bits per heavy atom. The molecule has 3 atom stereocenters. The molecule has 0 bridgehead atoms. The lowest BCUT2D eigenvalue weighted by molar-refractivity contribution is -0.142. The van der Waals surface area contributed by atoms with Gasteiger partial charge < -0.3 is 20.3 Å². The second-order valence-electron chi connectivity index (χ2n) is 12.7. The number of nitrogens with one attached hydrogen (secondary N) is 2. The number of carbonyl (C=O) groups excluding carboxylic acids is 3. The van der Waals surface area contributed by atoms with Crippen molar-refractivity contribution in [2.24, 2.45) is 5.92 Å². The first-order valence-electron chi connectivity index (χ1n) is 16.2. The Morgan fingerprint density at radius 3 is 2.11 bits per heavy atom. The first-order valence-corrected chi connectivity index (χ1v) is 16.2. The predicted molar refractivity (Wildman–Crippen MR) is 179 cm³/mol. The summed E-state index contributed by atoms with van der Waals surface area (Å²) in [5.74, 6) is -0.769. The summed E-state index contributed by atoms with van der Waals surface area (Å²) in [4.78, 5) is 43.3. The molecule has 44 heavy (non-hydrogen) atoms. The first-order chi connectivity index (χ1) is 21.0. The molecule has 0 fully saturated rings. The van der Waals surface area contributed by atoms with Crippen LogP contribution in [0.3, 0.4) is 0 Å². The van der Waals surface area contributed by atoms with Crippen molar-refractivity contribution in [1.82, 2.24) is 10.2 Å². The SMILES string of the molecule is CCCCCCCCN(C(=O)C(NC(=O)OC(C)(C)C)C(C)CC)C(C(=O)Nc1ccc2ccccc2c1)c1ccccc1. The van der Waals surface area contributed by atoms with E-state index in [1.54, 1.807) is 25.7 Å². The predicted octanol–water partition coefficient (Wildman–Crippen LogP) is 8.65. The fraction of sp³-hybridized carbons (Fsp3) is 0.486. The van der Waals surface area contributed by atoms with E-state index in [0.717, 1.165) is 42.9 Å². The van der Waals surface area contributed by atoms with Crippen LogP contribution in [-0.4, -0.2) is 41.0 Å². The number of anilines is 1. The number of alkyl carbamates (subject to hydrolysis) is 1. The Balaban J connectivity index is 1.99. The molecule has 3 rings (SSSR count). The maximum atomic E-state index is 14.5. The van der Waals surface area contributed by atoms with Crippen molar-refractivity contribution in [3.8, 4) is 0 Å². The second-order valence-corrected chi connectivity index (χ2v) is 12.7. The van der Waals surface area contributed by atoms with E-state index >= 15 is 0 Å². The summed E-state index contributed by atoms with van der Waals surface area (Å²) >= 11 is 0. The number of amides is 3. The van der Waals surface area contributed by atoms with E-state index in [-0.39, 0.29) is 17.7 Å². The zero-order chi connectivity index (χ0) is 32.1. The number of rotatable bonds is 15. The minimum atomic E-state index is -0.891. The zero-order valence-corrected chi connectivity index (χ0v) is 27.4. The second kappa shape index (κ2) is 16.8. The summed E-state index contributed by atoms with van der Waals surface area (Å²) in [5.41, 5.74) is 0.662. The fourth-order valence-electron chi connectivity index (χ4n) is 5.31. The van der Waals surface area contributed by atoms with Crippen molar-refractivity contribution >= 4 is 34.4 Å². The number of benzene rings is 3. The average molecular weight is 602 g/mol. The molecule has 0 spiro atoms. The quantitative estimate of drug-likeness (QED) is 0.171. The fourth-order valence-corrected chi connectivity index (χ4v) is 5.31. The molecule has 2 N–H and O–H groups in total. The molecule has 0 heterocycles. The highest BCUT2D eigenvalue weighted by atomic mass is 16.6. The van der Waals surface area contributed by atoms with E-state index in [9.17, 15) is 14.4 Å². The number of unbranched alkanes of at least 4 members (excludes halogenated alkanes) is 5. The molecule has 7 nitrogen and oxygen atoms in total. The lowest BCUT2D eigenvalue weighted by atomic mass is 9.95. The smallest absolute Gasteiger partial charge is 0.408 e. The molecule has 0 aromatic heterocycles. The molecule has 238 valence electrons. The summed E-state index contributed by atoms with van der Waals surface area (Å²) in [7, 11) is 0. The molecule has 3 unspecified atom stereocenters. The van der Waals surface area contributed by atoms with Crippen LogP contribution in [0, 0.1) is 5.92 Å². The van der Waals surface area contributed by atoms with Crippen molar-refractivity contribution in [2.45, 2.75) is 104 Å². The molecular formula is C37H51N3O4. The monoisotopic (exact) mass is 601 g/mol. The number of hydrogen-bond acceptors (Lipinski definition) is 4. The van der Waals surface area contributed by atoms with Gasteiger partial charge in [-0.25, -0.2) is 4.79 Å². The molecule has 3 aromatic rings. The molecule has 0 aliphatic rings. The molecule has 3 aromatic carbocycles. The van der Waals surface area contributed by atoms with Crippen molar-refractivity contribution in [2.75, 3.05) is 11.9 Å². The van der Waals surface area contributed by atoms with E-state index in [1.165, 1.54) is 6.42 Å². The molecule has 7 heteroatoms. The highest BCUT2D eigenvalue weighted by Gasteiger charge is 2.38. The maximum Gasteiger partial charge on any atom is 0.408 e. The van der Waals surface area contributed by atoms with Gasteiger partial charge >= 0.3 is 6.09 Å². The number of hydrogen-bond donors (Lipinski definition) is 2. The third kappa shape index (κ3) is 10.4. The van der Waals surface area contributed by atoms with Crippen molar-refractivity contribution in [1.29, 1.82) is 0 Å². The minimum Gasteiger partial charge on any atom is -0.444 e. The summed E-state index contributed by atoms with van der Waals surface area (Å²) in [6.07, 6.45) is 6.27. The van der Waals surface area contributed by atoms with Gasteiger partial charge in [-0.15, -0.1) is 0 Å².